The lowest BCUT2D eigenvalue weighted by molar-refractivity contribution is -0.138. The smallest absolute Gasteiger partial charge is 0.385 e. The number of ether oxygens (including phenoxy) is 1. The van der Waals surface area contributed by atoms with Crippen LogP contribution in [0.1, 0.15) is 23.6 Å². The van der Waals surface area contributed by atoms with Crippen molar-refractivity contribution in [2.45, 2.75) is 18.6 Å². The van der Waals surface area contributed by atoms with Crippen molar-refractivity contribution in [1.29, 1.82) is 0 Å². The third kappa shape index (κ3) is 4.47. The molecule has 1 rings (SSSR count). The van der Waals surface area contributed by atoms with E-state index in [-0.39, 0.29) is 12.1 Å². The summed E-state index contributed by atoms with van der Waals surface area (Å²) in [4.78, 5) is 1.84. The summed E-state index contributed by atoms with van der Waals surface area (Å²) >= 11 is 0. The Balaban J connectivity index is 2.95. The lowest BCUT2D eigenvalue weighted by Gasteiger charge is -2.29. The minimum Gasteiger partial charge on any atom is -0.385 e. The number of rotatable bonds is 7. The van der Waals surface area contributed by atoms with Gasteiger partial charge < -0.3 is 10.5 Å². The SMILES string of the molecule is COCCCN(C)C(CN)c1ccccc1C(F)(F)F. The molecular formula is C14H21F3N2O. The van der Waals surface area contributed by atoms with Gasteiger partial charge in [-0.25, -0.2) is 0 Å². The Morgan fingerprint density at radius 3 is 2.50 bits per heavy atom. The molecule has 1 aromatic rings. The molecular weight excluding hydrogens is 269 g/mol. The first kappa shape index (κ1) is 16.9. The number of hydrogen-bond donors (Lipinski definition) is 1. The van der Waals surface area contributed by atoms with E-state index in [0.29, 0.717) is 13.2 Å². The lowest BCUT2D eigenvalue weighted by Crippen LogP contribution is -2.33. The summed E-state index contributed by atoms with van der Waals surface area (Å²) in [6, 6.07) is 5.14. The first-order chi connectivity index (χ1) is 9.41. The highest BCUT2D eigenvalue weighted by molar-refractivity contribution is 5.32. The van der Waals surface area contributed by atoms with Crippen molar-refractivity contribution in [1.82, 2.24) is 4.90 Å². The summed E-state index contributed by atoms with van der Waals surface area (Å²) < 4.78 is 44.1. The first-order valence-corrected chi connectivity index (χ1v) is 6.47. The summed E-state index contributed by atoms with van der Waals surface area (Å²) in [5, 5.41) is 0. The minimum absolute atomic E-state index is 0.135. The van der Waals surface area contributed by atoms with Gasteiger partial charge in [0, 0.05) is 32.8 Å². The molecule has 1 unspecified atom stereocenters. The molecule has 1 atom stereocenters. The van der Waals surface area contributed by atoms with Crippen LogP contribution < -0.4 is 5.73 Å². The molecule has 0 amide bonds. The van der Waals surface area contributed by atoms with Crippen molar-refractivity contribution < 1.29 is 17.9 Å². The molecule has 0 fully saturated rings. The van der Waals surface area contributed by atoms with Crippen LogP contribution in [0.4, 0.5) is 13.2 Å². The van der Waals surface area contributed by atoms with Crippen molar-refractivity contribution in [3.63, 3.8) is 0 Å². The van der Waals surface area contributed by atoms with Gasteiger partial charge in [0.2, 0.25) is 0 Å². The molecule has 20 heavy (non-hydrogen) atoms. The average Bonchev–Trinajstić information content (AvgIpc) is 2.39. The minimum atomic E-state index is -4.36. The van der Waals surface area contributed by atoms with Crippen LogP contribution in [0, 0.1) is 0 Å². The Morgan fingerprint density at radius 1 is 1.30 bits per heavy atom. The first-order valence-electron chi connectivity index (χ1n) is 6.47. The lowest BCUT2D eigenvalue weighted by atomic mass is 9.98. The average molecular weight is 290 g/mol. The molecule has 3 nitrogen and oxygen atoms in total. The van der Waals surface area contributed by atoms with Gasteiger partial charge in [-0.3, -0.25) is 4.90 Å². The zero-order valence-corrected chi connectivity index (χ0v) is 11.8. The molecule has 0 heterocycles. The van der Waals surface area contributed by atoms with E-state index >= 15 is 0 Å². The molecule has 0 spiro atoms. The molecule has 1 aromatic carbocycles. The second-order valence-electron chi connectivity index (χ2n) is 4.66. The molecule has 0 aliphatic carbocycles. The van der Waals surface area contributed by atoms with Crippen molar-refractivity contribution in [2.75, 3.05) is 33.9 Å². The number of methoxy groups -OCH3 is 1. The van der Waals surface area contributed by atoms with Crippen LogP contribution in [0.2, 0.25) is 0 Å². The van der Waals surface area contributed by atoms with Crippen molar-refractivity contribution in [2.24, 2.45) is 5.73 Å². The van der Waals surface area contributed by atoms with Gasteiger partial charge in [-0.15, -0.1) is 0 Å². The highest BCUT2D eigenvalue weighted by Gasteiger charge is 2.35. The number of hydrogen-bond acceptors (Lipinski definition) is 3. The van der Waals surface area contributed by atoms with Gasteiger partial charge in [-0.2, -0.15) is 13.2 Å². The molecule has 114 valence electrons. The molecule has 0 bridgehead atoms. The van der Waals surface area contributed by atoms with Gasteiger partial charge in [0.1, 0.15) is 0 Å². The molecule has 0 saturated heterocycles. The maximum absolute atomic E-state index is 13.0. The summed E-state index contributed by atoms with van der Waals surface area (Å²) in [5.41, 5.74) is 5.29. The van der Waals surface area contributed by atoms with Crippen LogP contribution >= 0.6 is 0 Å². The number of nitrogens with two attached hydrogens (primary N) is 1. The van der Waals surface area contributed by atoms with Gasteiger partial charge in [-0.1, -0.05) is 18.2 Å². The molecule has 0 radical (unpaired) electrons. The number of halogens is 3. The monoisotopic (exact) mass is 290 g/mol. The number of benzene rings is 1. The molecule has 0 saturated carbocycles. The maximum atomic E-state index is 13.0. The quantitative estimate of drug-likeness (QED) is 0.785. The Hall–Kier alpha value is -1.11. The van der Waals surface area contributed by atoms with Crippen molar-refractivity contribution in [3.05, 3.63) is 35.4 Å². The Bertz CT molecular complexity index is 410. The normalized spacial score (nSPS) is 13.8. The van der Waals surface area contributed by atoms with Crippen LogP contribution in [0.15, 0.2) is 24.3 Å². The summed E-state index contributed by atoms with van der Waals surface area (Å²) in [7, 11) is 3.37. The predicted molar refractivity (Wildman–Crippen MR) is 72.4 cm³/mol. The summed E-state index contributed by atoms with van der Waals surface area (Å²) in [5.74, 6) is 0. The van der Waals surface area contributed by atoms with Gasteiger partial charge in [0.05, 0.1) is 5.56 Å². The molecule has 0 aliphatic heterocycles. The second-order valence-corrected chi connectivity index (χ2v) is 4.66. The van der Waals surface area contributed by atoms with E-state index in [2.05, 4.69) is 0 Å². The van der Waals surface area contributed by atoms with Crippen LogP contribution in [0.3, 0.4) is 0 Å². The van der Waals surface area contributed by atoms with E-state index in [9.17, 15) is 13.2 Å². The van der Waals surface area contributed by atoms with Crippen LogP contribution in [-0.4, -0.2) is 38.8 Å². The topological polar surface area (TPSA) is 38.5 Å². The van der Waals surface area contributed by atoms with E-state index in [1.165, 1.54) is 12.1 Å². The van der Waals surface area contributed by atoms with Crippen LogP contribution in [0.25, 0.3) is 0 Å². The largest absolute Gasteiger partial charge is 0.416 e. The van der Waals surface area contributed by atoms with Crippen molar-refractivity contribution >= 4 is 0 Å². The molecule has 0 aromatic heterocycles. The third-order valence-electron chi connectivity index (χ3n) is 3.24. The fourth-order valence-corrected chi connectivity index (χ4v) is 2.20. The Labute approximate surface area is 117 Å². The second kappa shape index (κ2) is 7.61. The van der Waals surface area contributed by atoms with Gasteiger partial charge in [0.15, 0.2) is 0 Å². The fourth-order valence-electron chi connectivity index (χ4n) is 2.20. The van der Waals surface area contributed by atoms with E-state index in [1.807, 2.05) is 4.90 Å². The number of nitrogens with zero attached hydrogens (tertiary/aromatic N) is 1. The summed E-state index contributed by atoms with van der Waals surface area (Å²) in [6.45, 7) is 1.33. The predicted octanol–water partition coefficient (Wildman–Crippen LogP) is 2.67. The zero-order chi connectivity index (χ0) is 15.2. The van der Waals surface area contributed by atoms with Gasteiger partial charge in [0.25, 0.3) is 0 Å². The maximum Gasteiger partial charge on any atom is 0.416 e. The Kier molecular flexibility index (Phi) is 6.45. The molecule has 6 heteroatoms. The number of alkyl halides is 3. The van der Waals surface area contributed by atoms with E-state index < -0.39 is 17.8 Å². The standard InChI is InChI=1S/C14H21F3N2O/c1-19(8-5-9-20-2)13(10-18)11-6-3-4-7-12(11)14(15,16)17/h3-4,6-7,13H,5,8-10,18H2,1-2H3. The van der Waals surface area contributed by atoms with E-state index in [0.717, 1.165) is 12.5 Å². The summed E-state index contributed by atoms with van der Waals surface area (Å²) in [6.07, 6.45) is -3.62. The van der Waals surface area contributed by atoms with E-state index in [1.54, 1.807) is 20.2 Å². The highest BCUT2D eigenvalue weighted by atomic mass is 19.4. The fraction of sp³-hybridized carbons (Fsp3) is 0.571. The van der Waals surface area contributed by atoms with Gasteiger partial charge in [-0.05, 0) is 25.1 Å². The molecule has 2 N–H and O–H groups in total. The number of likely N-dealkylation sites (N-methyl/N-ethyl adjacent to an activating group) is 1. The highest BCUT2D eigenvalue weighted by Crippen LogP contribution is 2.35. The Morgan fingerprint density at radius 2 is 1.95 bits per heavy atom. The van der Waals surface area contributed by atoms with Crippen LogP contribution in [-0.2, 0) is 10.9 Å². The van der Waals surface area contributed by atoms with Gasteiger partial charge >= 0.3 is 6.18 Å². The van der Waals surface area contributed by atoms with Crippen LogP contribution in [0.5, 0.6) is 0 Å². The zero-order valence-electron chi connectivity index (χ0n) is 11.8. The molecule has 0 aliphatic rings. The van der Waals surface area contributed by atoms with Crippen molar-refractivity contribution in [3.8, 4) is 0 Å². The van der Waals surface area contributed by atoms with E-state index in [4.69, 9.17) is 10.5 Å². The third-order valence-corrected chi connectivity index (χ3v) is 3.24.